The molecule has 0 aliphatic heterocycles. The molecule has 1 aromatic rings. The van der Waals surface area contributed by atoms with E-state index in [9.17, 15) is 14.9 Å². The number of hydrogen-bond acceptors (Lipinski definition) is 4. The van der Waals surface area contributed by atoms with Gasteiger partial charge in [0.15, 0.2) is 6.61 Å². The SMILES string of the molecule is Cc1ccc(Cl)c(OCC(=O)C[N+](=O)[O-])c1. The Morgan fingerprint density at radius 1 is 1.56 bits per heavy atom. The van der Waals surface area contributed by atoms with Crippen LogP contribution in [0.25, 0.3) is 0 Å². The number of carbonyl (C=O) groups is 1. The van der Waals surface area contributed by atoms with Crippen molar-refractivity contribution in [3.8, 4) is 5.75 Å². The van der Waals surface area contributed by atoms with Crippen LogP contribution in [0.15, 0.2) is 18.2 Å². The molecule has 0 unspecified atom stereocenters. The molecule has 0 saturated carbocycles. The highest BCUT2D eigenvalue weighted by atomic mass is 35.5. The Kier molecular flexibility index (Phi) is 4.25. The molecule has 0 aromatic heterocycles. The Labute approximate surface area is 97.1 Å². The average Bonchev–Trinajstić information content (AvgIpc) is 2.18. The molecule has 0 aliphatic rings. The Morgan fingerprint density at radius 3 is 2.88 bits per heavy atom. The van der Waals surface area contributed by atoms with Crippen LogP contribution in [0.1, 0.15) is 5.56 Å². The summed E-state index contributed by atoms with van der Waals surface area (Å²) < 4.78 is 5.09. The molecule has 0 amide bonds. The standard InChI is InChI=1S/C10H10ClNO4/c1-7-2-3-9(11)10(4-7)16-6-8(13)5-12(14)15/h2-4H,5-6H2,1H3. The average molecular weight is 244 g/mol. The third-order valence-electron chi connectivity index (χ3n) is 1.78. The highest BCUT2D eigenvalue weighted by molar-refractivity contribution is 6.32. The first-order chi connectivity index (χ1) is 7.49. The smallest absolute Gasteiger partial charge is 0.264 e. The van der Waals surface area contributed by atoms with Crippen molar-refractivity contribution < 1.29 is 14.5 Å². The van der Waals surface area contributed by atoms with Gasteiger partial charge in [0.1, 0.15) is 5.75 Å². The molecule has 1 aromatic carbocycles. The first-order valence-corrected chi connectivity index (χ1v) is 4.89. The van der Waals surface area contributed by atoms with Gasteiger partial charge in [-0.15, -0.1) is 0 Å². The molecule has 1 rings (SSSR count). The van der Waals surface area contributed by atoms with Gasteiger partial charge in [0.25, 0.3) is 6.54 Å². The summed E-state index contributed by atoms with van der Waals surface area (Å²) in [5.74, 6) is -0.235. The van der Waals surface area contributed by atoms with E-state index in [1.54, 1.807) is 18.2 Å². The Balaban J connectivity index is 2.57. The van der Waals surface area contributed by atoms with Crippen molar-refractivity contribution in [2.75, 3.05) is 13.2 Å². The summed E-state index contributed by atoms with van der Waals surface area (Å²) in [6, 6.07) is 5.11. The molecular weight excluding hydrogens is 234 g/mol. The van der Waals surface area contributed by atoms with Crippen LogP contribution >= 0.6 is 11.6 Å². The van der Waals surface area contributed by atoms with Crippen LogP contribution in [-0.4, -0.2) is 23.9 Å². The van der Waals surface area contributed by atoms with Gasteiger partial charge in [-0.2, -0.15) is 0 Å². The molecule has 0 fully saturated rings. The van der Waals surface area contributed by atoms with E-state index in [0.29, 0.717) is 10.8 Å². The van der Waals surface area contributed by atoms with Crippen LogP contribution < -0.4 is 4.74 Å². The summed E-state index contributed by atoms with van der Waals surface area (Å²) in [5, 5.41) is 10.4. The van der Waals surface area contributed by atoms with Gasteiger partial charge in [-0.25, -0.2) is 0 Å². The predicted molar refractivity (Wildman–Crippen MR) is 58.6 cm³/mol. The maximum atomic E-state index is 11.0. The molecular formula is C10H10ClNO4. The van der Waals surface area contributed by atoms with E-state index in [1.165, 1.54) is 0 Å². The number of nitro groups is 1. The molecule has 86 valence electrons. The second kappa shape index (κ2) is 5.46. The van der Waals surface area contributed by atoms with Gasteiger partial charge >= 0.3 is 0 Å². The van der Waals surface area contributed by atoms with E-state index < -0.39 is 17.3 Å². The molecule has 16 heavy (non-hydrogen) atoms. The normalized spacial score (nSPS) is 9.88. The zero-order valence-electron chi connectivity index (χ0n) is 8.60. The Bertz CT molecular complexity index is 419. The van der Waals surface area contributed by atoms with Gasteiger partial charge in [0.05, 0.1) is 5.02 Å². The zero-order chi connectivity index (χ0) is 12.1. The second-order valence-corrected chi connectivity index (χ2v) is 3.66. The molecule has 0 N–H and O–H groups in total. The maximum absolute atomic E-state index is 11.0. The van der Waals surface area contributed by atoms with Crippen molar-refractivity contribution in [3.63, 3.8) is 0 Å². The lowest BCUT2D eigenvalue weighted by Crippen LogP contribution is -2.20. The van der Waals surface area contributed by atoms with E-state index in [4.69, 9.17) is 16.3 Å². The first kappa shape index (κ1) is 12.4. The predicted octanol–water partition coefficient (Wildman–Crippen LogP) is 1.87. The minimum absolute atomic E-state index is 0.343. The largest absolute Gasteiger partial charge is 0.484 e. The summed E-state index contributed by atoms with van der Waals surface area (Å²) in [5.41, 5.74) is 0.932. The van der Waals surface area contributed by atoms with E-state index in [-0.39, 0.29) is 6.61 Å². The van der Waals surface area contributed by atoms with E-state index in [0.717, 1.165) is 5.56 Å². The van der Waals surface area contributed by atoms with Crippen molar-refractivity contribution in [1.82, 2.24) is 0 Å². The molecule has 0 atom stereocenters. The fourth-order valence-corrected chi connectivity index (χ4v) is 1.24. The van der Waals surface area contributed by atoms with E-state index >= 15 is 0 Å². The highest BCUT2D eigenvalue weighted by Crippen LogP contribution is 2.24. The summed E-state index contributed by atoms with van der Waals surface area (Å²) in [6.45, 7) is 0.773. The van der Waals surface area contributed by atoms with Crippen molar-refractivity contribution in [2.45, 2.75) is 6.92 Å². The first-order valence-electron chi connectivity index (χ1n) is 4.51. The van der Waals surface area contributed by atoms with Gasteiger partial charge in [-0.1, -0.05) is 17.7 Å². The summed E-state index contributed by atoms with van der Waals surface area (Å²) in [6.07, 6.45) is 0. The van der Waals surface area contributed by atoms with Crippen molar-refractivity contribution in [2.24, 2.45) is 0 Å². The van der Waals surface area contributed by atoms with Crippen molar-refractivity contribution in [1.29, 1.82) is 0 Å². The second-order valence-electron chi connectivity index (χ2n) is 3.25. The number of ketones is 1. The minimum atomic E-state index is -0.733. The van der Waals surface area contributed by atoms with Crippen molar-refractivity contribution in [3.05, 3.63) is 38.9 Å². The van der Waals surface area contributed by atoms with Crippen LogP contribution in [0, 0.1) is 17.0 Å². The van der Waals surface area contributed by atoms with E-state index in [2.05, 4.69) is 0 Å². The number of ether oxygens (including phenoxy) is 1. The third kappa shape index (κ3) is 3.86. The minimum Gasteiger partial charge on any atom is -0.484 e. The van der Waals surface area contributed by atoms with Gasteiger partial charge in [0.2, 0.25) is 5.78 Å². The van der Waals surface area contributed by atoms with Crippen LogP contribution in [0.4, 0.5) is 0 Å². The number of benzene rings is 1. The summed E-state index contributed by atoms with van der Waals surface area (Å²) in [7, 11) is 0. The van der Waals surface area contributed by atoms with Crippen LogP contribution in [0.3, 0.4) is 0 Å². The fraction of sp³-hybridized carbons (Fsp3) is 0.300. The van der Waals surface area contributed by atoms with Crippen LogP contribution in [0.5, 0.6) is 5.75 Å². The highest BCUT2D eigenvalue weighted by Gasteiger charge is 2.11. The molecule has 0 saturated heterocycles. The third-order valence-corrected chi connectivity index (χ3v) is 2.09. The number of carbonyl (C=O) groups excluding carboxylic acids is 1. The van der Waals surface area contributed by atoms with Gasteiger partial charge in [0, 0.05) is 4.92 Å². The molecule has 6 heteroatoms. The number of rotatable bonds is 5. The lowest BCUT2D eigenvalue weighted by molar-refractivity contribution is -0.467. The number of Topliss-reactive ketones (excluding diaryl/α,β-unsaturated/α-hetero) is 1. The van der Waals surface area contributed by atoms with Crippen molar-refractivity contribution >= 4 is 17.4 Å². The fourth-order valence-electron chi connectivity index (χ4n) is 1.07. The summed E-state index contributed by atoms with van der Waals surface area (Å²) in [4.78, 5) is 20.4. The lowest BCUT2D eigenvalue weighted by Gasteiger charge is -2.06. The molecule has 0 radical (unpaired) electrons. The molecule has 0 bridgehead atoms. The Hall–Kier alpha value is -1.62. The van der Waals surface area contributed by atoms with Gasteiger partial charge < -0.3 is 4.74 Å². The zero-order valence-corrected chi connectivity index (χ0v) is 9.36. The monoisotopic (exact) mass is 243 g/mol. The molecule has 0 heterocycles. The number of halogens is 1. The molecule has 0 aliphatic carbocycles. The maximum Gasteiger partial charge on any atom is 0.264 e. The number of aryl methyl sites for hydroxylation is 1. The number of hydrogen-bond donors (Lipinski definition) is 0. The van der Waals surface area contributed by atoms with Crippen LogP contribution in [0.2, 0.25) is 5.02 Å². The number of nitrogens with zero attached hydrogens (tertiary/aromatic N) is 1. The van der Waals surface area contributed by atoms with Gasteiger partial charge in [-0.3, -0.25) is 14.9 Å². The summed E-state index contributed by atoms with van der Waals surface area (Å²) >= 11 is 5.82. The van der Waals surface area contributed by atoms with Gasteiger partial charge in [-0.05, 0) is 24.6 Å². The Morgan fingerprint density at radius 2 is 2.25 bits per heavy atom. The van der Waals surface area contributed by atoms with Crippen LogP contribution in [-0.2, 0) is 4.79 Å². The van der Waals surface area contributed by atoms with E-state index in [1.807, 2.05) is 6.92 Å². The lowest BCUT2D eigenvalue weighted by atomic mass is 10.2. The topological polar surface area (TPSA) is 69.4 Å². The molecule has 5 nitrogen and oxygen atoms in total. The quantitative estimate of drug-likeness (QED) is 0.585. The molecule has 0 spiro atoms.